The average Bonchev–Trinajstić information content (AvgIpc) is 2.71. The molecule has 0 radical (unpaired) electrons. The van der Waals surface area contributed by atoms with Crippen LogP contribution in [0.5, 0.6) is 11.5 Å². The summed E-state index contributed by atoms with van der Waals surface area (Å²) in [5.41, 5.74) is 0.524. The van der Waals surface area contributed by atoms with Crippen molar-refractivity contribution in [2.75, 3.05) is 40.5 Å². The van der Waals surface area contributed by atoms with Gasteiger partial charge in [-0.1, -0.05) is 13.3 Å². The molecule has 0 bridgehead atoms. The molecule has 3 atom stereocenters. The third kappa shape index (κ3) is 4.80. The lowest BCUT2D eigenvalue weighted by Crippen LogP contribution is -2.61. The minimum atomic E-state index is -0.269. The van der Waals surface area contributed by atoms with Gasteiger partial charge in [-0.25, -0.2) is 4.79 Å². The minimum absolute atomic E-state index is 0.269. The molecule has 0 amide bonds. The summed E-state index contributed by atoms with van der Waals surface area (Å²) >= 11 is 0. The summed E-state index contributed by atoms with van der Waals surface area (Å²) in [6, 6.07) is 5.94. The lowest BCUT2D eigenvalue weighted by molar-refractivity contribution is -0.947. The van der Waals surface area contributed by atoms with Crippen LogP contribution in [0.15, 0.2) is 18.2 Å². The van der Waals surface area contributed by atoms with Crippen LogP contribution in [0.25, 0.3) is 0 Å². The number of carbonyl (C=O) groups is 1. The first kappa shape index (κ1) is 21.0. The molecule has 0 aliphatic carbocycles. The molecule has 0 N–H and O–H groups in total. The molecule has 1 aromatic carbocycles. The third-order valence-corrected chi connectivity index (χ3v) is 6.59. The molecule has 0 saturated carbocycles. The minimum Gasteiger partial charge on any atom is -0.493 e. The molecule has 2 aliphatic rings. The summed E-state index contributed by atoms with van der Waals surface area (Å²) in [5, 5.41) is 0. The molecule has 2 fully saturated rings. The highest BCUT2D eigenvalue weighted by atomic mass is 16.5. The van der Waals surface area contributed by atoms with Gasteiger partial charge in [0, 0.05) is 12.3 Å². The molecule has 3 rings (SSSR count). The molecule has 5 nitrogen and oxygen atoms in total. The number of unbranched alkanes of at least 4 members (excludes halogenated alkanes) is 1. The van der Waals surface area contributed by atoms with E-state index in [4.69, 9.17) is 14.2 Å². The highest BCUT2D eigenvalue weighted by molar-refractivity contribution is 5.90. The van der Waals surface area contributed by atoms with Crippen LogP contribution in [0.1, 0.15) is 62.2 Å². The predicted octanol–water partition coefficient (Wildman–Crippen LogP) is 4.44. The fraction of sp³-hybridized carbons (Fsp3) is 0.696. The number of carbonyl (C=O) groups excluding carboxylic acids is 1. The van der Waals surface area contributed by atoms with E-state index < -0.39 is 0 Å². The quantitative estimate of drug-likeness (QED) is 0.374. The van der Waals surface area contributed by atoms with Crippen molar-refractivity contribution in [1.29, 1.82) is 0 Å². The molecule has 0 spiro atoms. The van der Waals surface area contributed by atoms with Crippen molar-refractivity contribution in [3.8, 4) is 11.5 Å². The molecule has 156 valence electrons. The standard InChI is InChI=1S/C23H36NO4/c1-4-5-15-27-21-12-11-18(16-22(21)26-3)23(25)28-17-19-9-8-14-24(2)13-7-6-10-20(19)24/h11-12,16,19-20H,4-10,13-15,17H2,1-3H3/q+1/t19-,20+,24?/m0/s1. The molecule has 2 heterocycles. The first-order valence-corrected chi connectivity index (χ1v) is 10.9. The zero-order chi connectivity index (χ0) is 20.0. The first-order chi connectivity index (χ1) is 13.6. The maximum Gasteiger partial charge on any atom is 0.338 e. The van der Waals surface area contributed by atoms with Gasteiger partial charge in [0.15, 0.2) is 11.5 Å². The molecule has 5 heteroatoms. The summed E-state index contributed by atoms with van der Waals surface area (Å²) in [6.07, 6.45) is 8.35. The average molecular weight is 391 g/mol. The molecule has 28 heavy (non-hydrogen) atoms. The van der Waals surface area contributed by atoms with Gasteiger partial charge in [-0.3, -0.25) is 0 Å². The number of benzene rings is 1. The van der Waals surface area contributed by atoms with Crippen LogP contribution in [0, 0.1) is 5.92 Å². The predicted molar refractivity (Wildman–Crippen MR) is 110 cm³/mol. The van der Waals surface area contributed by atoms with Gasteiger partial charge in [0.25, 0.3) is 0 Å². The lowest BCUT2D eigenvalue weighted by Gasteiger charge is -2.51. The fourth-order valence-electron chi connectivity index (χ4n) is 4.93. The van der Waals surface area contributed by atoms with E-state index in [0.29, 0.717) is 42.2 Å². The van der Waals surface area contributed by atoms with E-state index in [1.54, 1.807) is 25.3 Å². The third-order valence-electron chi connectivity index (χ3n) is 6.59. The van der Waals surface area contributed by atoms with E-state index >= 15 is 0 Å². The Bertz CT molecular complexity index is 658. The van der Waals surface area contributed by atoms with E-state index in [-0.39, 0.29) is 5.97 Å². The number of hydrogen-bond donors (Lipinski definition) is 0. The van der Waals surface area contributed by atoms with Crippen LogP contribution in [0.2, 0.25) is 0 Å². The number of fused-ring (bicyclic) bond motifs is 1. The van der Waals surface area contributed by atoms with Crippen molar-refractivity contribution in [1.82, 2.24) is 0 Å². The summed E-state index contributed by atoms with van der Waals surface area (Å²) in [7, 11) is 3.99. The van der Waals surface area contributed by atoms with E-state index in [1.165, 1.54) is 49.7 Å². The van der Waals surface area contributed by atoms with Crippen molar-refractivity contribution < 1.29 is 23.5 Å². The highest BCUT2D eigenvalue weighted by Gasteiger charge is 2.43. The van der Waals surface area contributed by atoms with Gasteiger partial charge in [-0.05, 0) is 50.3 Å². The second kappa shape index (κ2) is 9.64. The maximum atomic E-state index is 12.6. The normalized spacial score (nSPS) is 27.0. The number of piperidine rings is 2. The van der Waals surface area contributed by atoms with Crippen LogP contribution in [0.3, 0.4) is 0 Å². The van der Waals surface area contributed by atoms with E-state index in [1.807, 2.05) is 0 Å². The number of methoxy groups -OCH3 is 1. The molecular weight excluding hydrogens is 354 g/mol. The summed E-state index contributed by atoms with van der Waals surface area (Å²) < 4.78 is 18.1. The molecule has 0 aromatic heterocycles. The van der Waals surface area contributed by atoms with Crippen LogP contribution >= 0.6 is 0 Å². The van der Waals surface area contributed by atoms with Crippen LogP contribution in [0.4, 0.5) is 0 Å². The Hall–Kier alpha value is -1.75. The molecule has 1 aromatic rings. The molecular formula is C23H36NO4+. The van der Waals surface area contributed by atoms with Crippen molar-refractivity contribution in [2.45, 2.75) is 57.9 Å². The Balaban J connectivity index is 1.59. The largest absolute Gasteiger partial charge is 0.493 e. The number of ether oxygens (including phenoxy) is 3. The Morgan fingerprint density at radius 2 is 1.96 bits per heavy atom. The summed E-state index contributed by atoms with van der Waals surface area (Å²) in [5.74, 6) is 1.46. The smallest absolute Gasteiger partial charge is 0.338 e. The van der Waals surface area contributed by atoms with Gasteiger partial charge in [-0.15, -0.1) is 0 Å². The van der Waals surface area contributed by atoms with Crippen LogP contribution in [-0.2, 0) is 4.74 Å². The number of hydrogen-bond acceptors (Lipinski definition) is 4. The van der Waals surface area contributed by atoms with Gasteiger partial charge >= 0.3 is 5.97 Å². The topological polar surface area (TPSA) is 44.8 Å². The van der Waals surface area contributed by atoms with Gasteiger partial charge in [0.05, 0.1) is 45.5 Å². The van der Waals surface area contributed by atoms with E-state index in [0.717, 1.165) is 12.8 Å². The van der Waals surface area contributed by atoms with Gasteiger partial charge in [-0.2, -0.15) is 0 Å². The maximum absolute atomic E-state index is 12.6. The van der Waals surface area contributed by atoms with Crippen molar-refractivity contribution in [3.63, 3.8) is 0 Å². The van der Waals surface area contributed by atoms with Crippen LogP contribution < -0.4 is 9.47 Å². The van der Waals surface area contributed by atoms with E-state index in [2.05, 4.69) is 14.0 Å². The first-order valence-electron chi connectivity index (χ1n) is 10.9. The number of nitrogens with zero attached hydrogens (tertiary/aromatic N) is 1. The van der Waals surface area contributed by atoms with Crippen molar-refractivity contribution >= 4 is 5.97 Å². The lowest BCUT2D eigenvalue weighted by atomic mass is 9.82. The Morgan fingerprint density at radius 1 is 1.14 bits per heavy atom. The van der Waals surface area contributed by atoms with Crippen molar-refractivity contribution in [3.05, 3.63) is 23.8 Å². The highest BCUT2D eigenvalue weighted by Crippen LogP contribution is 2.36. The fourth-order valence-corrected chi connectivity index (χ4v) is 4.93. The van der Waals surface area contributed by atoms with Crippen LogP contribution in [-0.4, -0.2) is 57.0 Å². The Labute approximate surface area is 169 Å². The number of quaternary nitrogens is 1. The van der Waals surface area contributed by atoms with Crippen molar-refractivity contribution in [2.24, 2.45) is 5.92 Å². The van der Waals surface area contributed by atoms with E-state index in [9.17, 15) is 4.79 Å². The summed E-state index contributed by atoms with van der Waals surface area (Å²) in [4.78, 5) is 12.6. The Kier molecular flexibility index (Phi) is 7.22. The zero-order valence-corrected chi connectivity index (χ0v) is 17.7. The Morgan fingerprint density at radius 3 is 2.75 bits per heavy atom. The number of rotatable bonds is 8. The SMILES string of the molecule is CCCCOc1ccc(C(=O)OC[C@@H]2CCC[N+]3(C)CCCC[C@H]23)cc1OC. The van der Waals surface area contributed by atoms with Gasteiger partial charge in [0.1, 0.15) is 6.61 Å². The second-order valence-corrected chi connectivity index (χ2v) is 8.56. The van der Waals surface area contributed by atoms with Gasteiger partial charge in [0.2, 0.25) is 0 Å². The molecule has 2 saturated heterocycles. The number of esters is 1. The zero-order valence-electron chi connectivity index (χ0n) is 17.7. The monoisotopic (exact) mass is 390 g/mol. The van der Waals surface area contributed by atoms with Gasteiger partial charge < -0.3 is 18.7 Å². The molecule has 2 aliphatic heterocycles. The molecule has 1 unspecified atom stereocenters. The second-order valence-electron chi connectivity index (χ2n) is 8.56. The summed E-state index contributed by atoms with van der Waals surface area (Å²) in [6.45, 7) is 5.84.